The number of halogens is 3. The van der Waals surface area contributed by atoms with E-state index in [-0.39, 0.29) is 62.9 Å². The number of carbonyl (C=O) groups is 4. The normalized spacial score (nSPS) is 16.9. The van der Waals surface area contributed by atoms with Gasteiger partial charge in [-0.05, 0) is 12.1 Å². The van der Waals surface area contributed by atoms with Crippen LogP contribution in [0.3, 0.4) is 0 Å². The second-order valence-corrected chi connectivity index (χ2v) is 9.54. The highest BCUT2D eigenvalue weighted by Gasteiger charge is 2.34. The van der Waals surface area contributed by atoms with Crippen LogP contribution in [0.5, 0.6) is 0 Å². The summed E-state index contributed by atoms with van der Waals surface area (Å²) in [4.78, 5) is 56.7. The van der Waals surface area contributed by atoms with Crippen LogP contribution in [0.1, 0.15) is 10.5 Å². The minimum atomic E-state index is -0.895. The molecule has 1 atom stereocenters. The summed E-state index contributed by atoms with van der Waals surface area (Å²) in [7, 11) is 1.18. The van der Waals surface area contributed by atoms with Crippen molar-refractivity contribution >= 4 is 41.0 Å². The van der Waals surface area contributed by atoms with Gasteiger partial charge in [0.15, 0.2) is 11.6 Å². The van der Waals surface area contributed by atoms with E-state index in [4.69, 9.17) is 4.74 Å². The lowest BCUT2D eigenvalue weighted by atomic mass is 10.2. The molecule has 0 spiro atoms. The molecular weight excluding hydrogens is 563 g/mol. The molecule has 0 bridgehead atoms. The monoisotopic (exact) mass is 589 g/mol. The summed E-state index contributed by atoms with van der Waals surface area (Å²) in [6.45, 7) is 0.156. The maximum Gasteiger partial charge on any atom is 0.414 e. The molecule has 0 saturated carbocycles. The lowest BCUT2D eigenvalue weighted by Gasteiger charge is -2.36. The first-order valence-electron chi connectivity index (χ1n) is 12.9. The number of fused-ring (bicyclic) bond motifs is 1. The molecule has 4 amide bonds. The van der Waals surface area contributed by atoms with Gasteiger partial charge in [-0.25, -0.2) is 27.7 Å². The van der Waals surface area contributed by atoms with E-state index in [1.54, 1.807) is 0 Å². The third-order valence-electron chi connectivity index (χ3n) is 6.84. The number of ether oxygens (including phenoxy) is 2. The van der Waals surface area contributed by atoms with Gasteiger partial charge < -0.3 is 34.3 Å². The number of anilines is 2. The zero-order valence-corrected chi connectivity index (χ0v) is 22.3. The Labute approximate surface area is 236 Å². The molecule has 2 saturated heterocycles. The molecule has 2 fully saturated rings. The molecule has 16 heteroatoms. The van der Waals surface area contributed by atoms with Crippen LogP contribution in [0.15, 0.2) is 36.7 Å². The number of piperazine rings is 1. The van der Waals surface area contributed by atoms with Crippen LogP contribution < -0.4 is 20.4 Å². The van der Waals surface area contributed by atoms with Gasteiger partial charge in [0.2, 0.25) is 5.91 Å². The van der Waals surface area contributed by atoms with Crippen molar-refractivity contribution in [3.05, 3.63) is 59.8 Å². The number of alkyl carbamates (subject to hydrolysis) is 1. The fourth-order valence-electron chi connectivity index (χ4n) is 4.73. The highest BCUT2D eigenvalue weighted by Crippen LogP contribution is 2.31. The maximum absolute atomic E-state index is 15.1. The fourth-order valence-corrected chi connectivity index (χ4v) is 4.73. The van der Waals surface area contributed by atoms with Crippen molar-refractivity contribution in [3.8, 4) is 0 Å². The Morgan fingerprint density at radius 3 is 2.45 bits per heavy atom. The first-order chi connectivity index (χ1) is 20.1. The molecule has 0 radical (unpaired) electrons. The van der Waals surface area contributed by atoms with Gasteiger partial charge in [-0.2, -0.15) is 0 Å². The Kier molecular flexibility index (Phi) is 8.04. The summed E-state index contributed by atoms with van der Waals surface area (Å²) in [6.07, 6.45) is 0.263. The molecule has 2 N–H and O–H groups in total. The fraction of sp³-hybridized carbons (Fsp3) is 0.346. The zero-order chi connectivity index (χ0) is 30.0. The van der Waals surface area contributed by atoms with Crippen molar-refractivity contribution in [1.82, 2.24) is 24.9 Å². The zero-order valence-electron chi connectivity index (χ0n) is 22.3. The molecule has 222 valence electrons. The van der Waals surface area contributed by atoms with E-state index < -0.39 is 47.6 Å². The maximum atomic E-state index is 15.1. The van der Waals surface area contributed by atoms with Crippen molar-refractivity contribution in [3.63, 3.8) is 0 Å². The number of pyridine rings is 1. The number of carbonyl (C=O) groups excluding carboxylic acids is 4. The predicted molar refractivity (Wildman–Crippen MR) is 141 cm³/mol. The van der Waals surface area contributed by atoms with Crippen molar-refractivity contribution < 1.29 is 41.8 Å². The average Bonchev–Trinajstić information content (AvgIpc) is 3.57. The first kappa shape index (κ1) is 28.5. The quantitative estimate of drug-likeness (QED) is 0.423. The van der Waals surface area contributed by atoms with E-state index in [0.717, 1.165) is 17.0 Å². The van der Waals surface area contributed by atoms with E-state index >= 15 is 8.78 Å². The number of benzene rings is 1. The van der Waals surface area contributed by atoms with Gasteiger partial charge in [0.1, 0.15) is 28.9 Å². The third-order valence-corrected chi connectivity index (χ3v) is 6.84. The Bertz CT molecular complexity index is 1520. The number of cyclic esters (lactones) is 1. The Morgan fingerprint density at radius 2 is 1.76 bits per heavy atom. The van der Waals surface area contributed by atoms with E-state index in [1.807, 2.05) is 0 Å². The minimum Gasteiger partial charge on any atom is -0.453 e. The van der Waals surface area contributed by atoms with Gasteiger partial charge in [-0.15, -0.1) is 0 Å². The van der Waals surface area contributed by atoms with E-state index in [1.165, 1.54) is 45.8 Å². The molecular formula is C26H26F3N7O6. The molecule has 13 nitrogen and oxygen atoms in total. The summed E-state index contributed by atoms with van der Waals surface area (Å²) in [5.41, 5.74) is 0.0516. The largest absolute Gasteiger partial charge is 0.453 e. The lowest BCUT2D eigenvalue weighted by Crippen LogP contribution is -2.51. The number of nitrogens with zero attached hydrogens (tertiary/aromatic N) is 5. The number of imidazole rings is 1. The predicted octanol–water partition coefficient (Wildman–Crippen LogP) is 1.51. The van der Waals surface area contributed by atoms with Gasteiger partial charge >= 0.3 is 12.2 Å². The van der Waals surface area contributed by atoms with E-state index in [9.17, 15) is 23.6 Å². The lowest BCUT2D eigenvalue weighted by molar-refractivity contribution is -0.130. The molecule has 2 aliphatic heterocycles. The summed E-state index contributed by atoms with van der Waals surface area (Å²) >= 11 is 0. The molecule has 1 aromatic carbocycles. The smallest absolute Gasteiger partial charge is 0.414 e. The SMILES string of the molecule is COC(=O)NCC1CN(c2cc(F)c(N3CCN(C(=O)CNC(=O)c4cn5cc(F)ccc5n4)CC3)c(F)c2)C(=O)O1. The average molecular weight is 590 g/mol. The van der Waals surface area contributed by atoms with Crippen LogP contribution in [0.25, 0.3) is 5.65 Å². The number of rotatable bonds is 7. The number of aromatic nitrogens is 2. The summed E-state index contributed by atoms with van der Waals surface area (Å²) in [5, 5.41) is 4.88. The Balaban J connectivity index is 1.14. The van der Waals surface area contributed by atoms with Crippen LogP contribution in [-0.2, 0) is 14.3 Å². The van der Waals surface area contributed by atoms with Crippen molar-refractivity contribution in [2.75, 3.05) is 62.7 Å². The van der Waals surface area contributed by atoms with Crippen LogP contribution in [-0.4, -0.2) is 97.3 Å². The van der Waals surface area contributed by atoms with E-state index in [0.29, 0.717) is 5.65 Å². The Hall–Kier alpha value is -5.02. The van der Waals surface area contributed by atoms with Gasteiger partial charge in [0, 0.05) is 50.7 Å². The number of nitrogens with one attached hydrogen (secondary N) is 2. The third kappa shape index (κ3) is 6.01. The standard InChI is InChI=1S/C26H26F3N7O6/c1-41-25(39)31-10-17-13-36(26(40)42-17)16-8-18(28)23(19(29)9-16)34-6-4-33(5-7-34)22(37)11-30-24(38)20-14-35-12-15(27)2-3-21(35)32-20/h2-3,8-9,12,14,17H,4-7,10-11,13H2,1H3,(H,30,38)(H,31,39). The molecule has 0 aliphatic carbocycles. The molecule has 1 unspecified atom stereocenters. The van der Waals surface area contributed by atoms with Gasteiger partial charge in [0.05, 0.1) is 32.4 Å². The number of hydrogen-bond donors (Lipinski definition) is 2. The topological polar surface area (TPSA) is 138 Å². The van der Waals surface area contributed by atoms with Gasteiger partial charge in [0.25, 0.3) is 5.91 Å². The second kappa shape index (κ2) is 11.8. The summed E-state index contributed by atoms with van der Waals surface area (Å²) in [5.74, 6) is -3.28. The van der Waals surface area contributed by atoms with Crippen molar-refractivity contribution in [1.29, 1.82) is 0 Å². The van der Waals surface area contributed by atoms with Gasteiger partial charge in [-0.1, -0.05) is 0 Å². The highest BCUT2D eigenvalue weighted by molar-refractivity contribution is 5.95. The first-order valence-corrected chi connectivity index (χ1v) is 12.9. The number of methoxy groups -OCH3 is 1. The molecule has 5 rings (SSSR count). The van der Waals surface area contributed by atoms with Crippen molar-refractivity contribution in [2.45, 2.75) is 6.10 Å². The minimum absolute atomic E-state index is 0.0168. The van der Waals surface area contributed by atoms with Gasteiger partial charge in [-0.3, -0.25) is 14.5 Å². The van der Waals surface area contributed by atoms with Crippen LogP contribution >= 0.6 is 0 Å². The van der Waals surface area contributed by atoms with E-state index in [2.05, 4.69) is 20.4 Å². The summed E-state index contributed by atoms with van der Waals surface area (Å²) < 4.78 is 54.5. The second-order valence-electron chi connectivity index (χ2n) is 9.54. The Morgan fingerprint density at radius 1 is 1.05 bits per heavy atom. The van der Waals surface area contributed by atoms with Crippen LogP contribution in [0, 0.1) is 17.5 Å². The number of hydrogen-bond acceptors (Lipinski definition) is 8. The molecule has 4 heterocycles. The highest BCUT2D eigenvalue weighted by atomic mass is 19.1. The van der Waals surface area contributed by atoms with Crippen LogP contribution in [0.2, 0.25) is 0 Å². The molecule has 3 aromatic rings. The summed E-state index contributed by atoms with van der Waals surface area (Å²) in [6, 6.07) is 4.68. The van der Waals surface area contributed by atoms with Crippen molar-refractivity contribution in [2.24, 2.45) is 0 Å². The molecule has 2 aromatic heterocycles. The molecule has 2 aliphatic rings. The number of amides is 4. The molecule has 42 heavy (non-hydrogen) atoms. The van der Waals surface area contributed by atoms with Crippen LogP contribution in [0.4, 0.5) is 34.1 Å².